The van der Waals surface area contributed by atoms with Crippen molar-refractivity contribution in [1.29, 1.82) is 0 Å². The van der Waals surface area contributed by atoms with Crippen LogP contribution in [0.4, 0.5) is 0 Å². The molecule has 0 aromatic carbocycles. The Bertz CT molecular complexity index is 604. The lowest BCUT2D eigenvalue weighted by Crippen LogP contribution is -2.09. The van der Waals surface area contributed by atoms with Gasteiger partial charge in [-0.25, -0.2) is 4.98 Å². The van der Waals surface area contributed by atoms with Crippen LogP contribution in [0.5, 0.6) is 0 Å². The van der Waals surface area contributed by atoms with Gasteiger partial charge in [0.15, 0.2) is 5.82 Å². The summed E-state index contributed by atoms with van der Waals surface area (Å²) in [5, 5.41) is 12.9. The molecule has 7 nitrogen and oxygen atoms in total. The Labute approximate surface area is 109 Å². The Balaban J connectivity index is 1.79. The first-order valence-electron chi connectivity index (χ1n) is 6.19. The Morgan fingerprint density at radius 1 is 1.53 bits per heavy atom. The first-order valence-corrected chi connectivity index (χ1v) is 6.19. The largest absolute Gasteiger partial charge is 0.481 e. The molecule has 0 saturated heterocycles. The number of carbonyl (C=O) groups is 1. The number of nitrogens with zero attached hydrogens (tertiary/aromatic N) is 4. The zero-order chi connectivity index (χ0) is 13.4. The summed E-state index contributed by atoms with van der Waals surface area (Å²) in [6.07, 6.45) is 5.49. The predicted octanol–water partition coefficient (Wildman–Crippen LogP) is 1.44. The molecule has 100 valence electrons. The van der Waals surface area contributed by atoms with Crippen LogP contribution in [-0.2, 0) is 11.8 Å². The van der Waals surface area contributed by atoms with Crippen LogP contribution in [-0.4, -0.2) is 30.8 Å². The number of imidazole rings is 1. The molecule has 0 bridgehead atoms. The quantitative estimate of drug-likeness (QED) is 0.899. The fourth-order valence-electron chi connectivity index (χ4n) is 2.50. The average Bonchev–Trinajstić information content (AvgIpc) is 3.07. The molecule has 2 heterocycles. The lowest BCUT2D eigenvalue weighted by molar-refractivity contribution is -0.141. The third kappa shape index (κ3) is 2.11. The Morgan fingerprint density at radius 2 is 2.37 bits per heavy atom. The molecule has 0 spiro atoms. The second-order valence-corrected chi connectivity index (χ2v) is 4.86. The van der Waals surface area contributed by atoms with E-state index in [2.05, 4.69) is 15.1 Å². The summed E-state index contributed by atoms with van der Waals surface area (Å²) in [6.45, 7) is 0. The van der Waals surface area contributed by atoms with Crippen molar-refractivity contribution >= 4 is 5.97 Å². The van der Waals surface area contributed by atoms with Crippen LogP contribution in [0.3, 0.4) is 0 Å². The molecule has 0 amide bonds. The molecule has 1 N–H and O–H groups in total. The van der Waals surface area contributed by atoms with Crippen LogP contribution in [0.25, 0.3) is 11.6 Å². The molecule has 1 aliphatic rings. The minimum absolute atomic E-state index is 0.0441. The van der Waals surface area contributed by atoms with Gasteiger partial charge >= 0.3 is 5.97 Å². The summed E-state index contributed by atoms with van der Waals surface area (Å²) in [5.74, 6) is 0.605. The SMILES string of the molecule is Cn1ccnc1-c1noc(C2CCC(C(=O)O)C2)n1. The van der Waals surface area contributed by atoms with Crippen molar-refractivity contribution in [3.8, 4) is 11.6 Å². The van der Waals surface area contributed by atoms with Crippen molar-refractivity contribution in [2.24, 2.45) is 13.0 Å². The summed E-state index contributed by atoms with van der Waals surface area (Å²) >= 11 is 0. The number of hydrogen-bond donors (Lipinski definition) is 1. The molecule has 7 heteroatoms. The number of hydrogen-bond acceptors (Lipinski definition) is 5. The van der Waals surface area contributed by atoms with Gasteiger partial charge in [-0.15, -0.1) is 0 Å². The summed E-state index contributed by atoms with van der Waals surface area (Å²) < 4.78 is 7.06. The highest BCUT2D eigenvalue weighted by Crippen LogP contribution is 2.37. The van der Waals surface area contributed by atoms with Gasteiger partial charge in [-0.2, -0.15) is 4.98 Å². The number of carboxylic acids is 1. The number of aryl methyl sites for hydroxylation is 1. The summed E-state index contributed by atoms with van der Waals surface area (Å²) in [4.78, 5) is 19.4. The van der Waals surface area contributed by atoms with Crippen LogP contribution < -0.4 is 0 Å². The van der Waals surface area contributed by atoms with Crippen LogP contribution in [0.1, 0.15) is 31.1 Å². The minimum Gasteiger partial charge on any atom is -0.481 e. The van der Waals surface area contributed by atoms with Gasteiger partial charge in [0.2, 0.25) is 11.7 Å². The third-order valence-corrected chi connectivity index (χ3v) is 3.59. The standard InChI is InChI=1S/C12H14N4O3/c1-16-5-4-13-10(16)9-14-11(19-15-9)7-2-3-8(6-7)12(17)18/h4-5,7-8H,2-3,6H2,1H3,(H,17,18). The normalized spacial score (nSPS) is 22.8. The predicted molar refractivity (Wildman–Crippen MR) is 64.2 cm³/mol. The van der Waals surface area contributed by atoms with Crippen molar-refractivity contribution in [3.63, 3.8) is 0 Å². The number of carboxylic acid groups (broad SMARTS) is 1. The number of aliphatic carboxylic acids is 1. The first kappa shape index (κ1) is 11.9. The molecule has 2 unspecified atom stereocenters. The van der Waals surface area contributed by atoms with E-state index in [0.29, 0.717) is 30.4 Å². The van der Waals surface area contributed by atoms with Gasteiger partial charge in [-0.3, -0.25) is 4.79 Å². The molecular formula is C12H14N4O3. The molecule has 1 aliphatic carbocycles. The molecular weight excluding hydrogens is 248 g/mol. The van der Waals surface area contributed by atoms with Crippen LogP contribution in [0, 0.1) is 5.92 Å². The summed E-state index contributed by atoms with van der Waals surface area (Å²) in [5.41, 5.74) is 0. The average molecular weight is 262 g/mol. The third-order valence-electron chi connectivity index (χ3n) is 3.59. The summed E-state index contributed by atoms with van der Waals surface area (Å²) in [6, 6.07) is 0. The topological polar surface area (TPSA) is 94.0 Å². The zero-order valence-corrected chi connectivity index (χ0v) is 10.5. The van der Waals surface area contributed by atoms with E-state index in [1.807, 2.05) is 11.6 Å². The van der Waals surface area contributed by atoms with Gasteiger partial charge in [-0.1, -0.05) is 5.16 Å². The summed E-state index contributed by atoms with van der Waals surface area (Å²) in [7, 11) is 1.86. The maximum absolute atomic E-state index is 10.9. The molecule has 0 radical (unpaired) electrons. The fourth-order valence-corrected chi connectivity index (χ4v) is 2.50. The molecule has 1 fully saturated rings. The second-order valence-electron chi connectivity index (χ2n) is 4.86. The van der Waals surface area contributed by atoms with Crippen molar-refractivity contribution in [3.05, 3.63) is 18.3 Å². The highest BCUT2D eigenvalue weighted by atomic mass is 16.5. The monoisotopic (exact) mass is 262 g/mol. The lowest BCUT2D eigenvalue weighted by atomic mass is 10.1. The molecule has 1 saturated carbocycles. The van der Waals surface area contributed by atoms with Crippen LogP contribution >= 0.6 is 0 Å². The fraction of sp³-hybridized carbons (Fsp3) is 0.500. The van der Waals surface area contributed by atoms with Gasteiger partial charge in [0, 0.05) is 25.4 Å². The van der Waals surface area contributed by atoms with Crippen molar-refractivity contribution < 1.29 is 14.4 Å². The molecule has 2 aromatic heterocycles. The van der Waals surface area contributed by atoms with Gasteiger partial charge in [0.25, 0.3) is 0 Å². The second kappa shape index (κ2) is 4.49. The van der Waals surface area contributed by atoms with E-state index in [4.69, 9.17) is 9.63 Å². The molecule has 2 atom stereocenters. The maximum Gasteiger partial charge on any atom is 0.306 e. The smallest absolute Gasteiger partial charge is 0.306 e. The van der Waals surface area contributed by atoms with E-state index in [0.717, 1.165) is 6.42 Å². The number of aromatic nitrogens is 4. The number of rotatable bonds is 3. The molecule has 19 heavy (non-hydrogen) atoms. The van der Waals surface area contributed by atoms with E-state index in [-0.39, 0.29) is 11.8 Å². The van der Waals surface area contributed by atoms with Gasteiger partial charge < -0.3 is 14.2 Å². The first-order chi connectivity index (χ1) is 9.15. The molecule has 3 rings (SSSR count). The zero-order valence-electron chi connectivity index (χ0n) is 10.5. The Morgan fingerprint density at radius 3 is 3.00 bits per heavy atom. The Hall–Kier alpha value is -2.18. The van der Waals surface area contributed by atoms with E-state index >= 15 is 0 Å². The maximum atomic E-state index is 10.9. The van der Waals surface area contributed by atoms with Gasteiger partial charge in [-0.05, 0) is 19.3 Å². The minimum atomic E-state index is -0.744. The van der Waals surface area contributed by atoms with Crippen LogP contribution in [0.2, 0.25) is 0 Å². The van der Waals surface area contributed by atoms with E-state index < -0.39 is 5.97 Å². The van der Waals surface area contributed by atoms with Crippen LogP contribution in [0.15, 0.2) is 16.9 Å². The van der Waals surface area contributed by atoms with E-state index in [9.17, 15) is 4.79 Å². The van der Waals surface area contributed by atoms with Crippen molar-refractivity contribution in [2.75, 3.05) is 0 Å². The lowest BCUT2D eigenvalue weighted by Gasteiger charge is -2.02. The highest BCUT2D eigenvalue weighted by Gasteiger charge is 2.34. The molecule has 2 aromatic rings. The van der Waals surface area contributed by atoms with Crippen molar-refractivity contribution in [2.45, 2.75) is 25.2 Å². The molecule has 0 aliphatic heterocycles. The van der Waals surface area contributed by atoms with Crippen molar-refractivity contribution in [1.82, 2.24) is 19.7 Å². The Kier molecular flexibility index (Phi) is 2.81. The highest BCUT2D eigenvalue weighted by molar-refractivity contribution is 5.70. The van der Waals surface area contributed by atoms with Gasteiger partial charge in [0.05, 0.1) is 5.92 Å². The van der Waals surface area contributed by atoms with E-state index in [1.54, 1.807) is 12.4 Å². The van der Waals surface area contributed by atoms with E-state index in [1.165, 1.54) is 0 Å². The van der Waals surface area contributed by atoms with Gasteiger partial charge in [0.1, 0.15) is 0 Å².